The Hall–Kier alpha value is 0.440. The zero-order chi connectivity index (χ0) is 5.21. The summed E-state index contributed by atoms with van der Waals surface area (Å²) >= 11 is 2.69. The molecular formula is C2H6BrN. The van der Waals surface area contributed by atoms with Gasteiger partial charge in [-0.2, -0.15) is 0 Å². The third-order valence-corrected chi connectivity index (χ3v) is 0.401. The number of hydrogen-bond donors (Lipinski definition) is 1. The van der Waals surface area contributed by atoms with E-state index in [2.05, 4.69) is 15.9 Å². The molecule has 0 amide bonds. The summed E-state index contributed by atoms with van der Waals surface area (Å²) in [6.45, 7) is 0.0208. The van der Waals surface area contributed by atoms with Gasteiger partial charge in [-0.1, -0.05) is 15.9 Å². The van der Waals surface area contributed by atoms with Gasteiger partial charge in [-0.15, -0.1) is 0 Å². The summed E-state index contributed by atoms with van der Waals surface area (Å²) in [5, 5.41) is -1.37. The Morgan fingerprint density at radius 2 is 2.50 bits per heavy atom. The van der Waals surface area contributed by atoms with Crippen LogP contribution in [-0.4, -0.2) is 11.8 Å². The van der Waals surface area contributed by atoms with E-state index in [1.165, 1.54) is 0 Å². The van der Waals surface area contributed by atoms with Gasteiger partial charge in [0.05, 0.1) is 0 Å². The van der Waals surface area contributed by atoms with Crippen LogP contribution in [0.4, 0.5) is 0 Å². The van der Waals surface area contributed by atoms with E-state index in [1.54, 1.807) is 0 Å². The van der Waals surface area contributed by atoms with Gasteiger partial charge in [0.2, 0.25) is 0 Å². The fraction of sp³-hybridized carbons (Fsp3) is 1.00. The van der Waals surface area contributed by atoms with Crippen molar-refractivity contribution in [3.63, 3.8) is 0 Å². The van der Waals surface area contributed by atoms with Gasteiger partial charge in [0.25, 0.3) is 0 Å². The number of alkyl halides is 1. The molecule has 0 aliphatic rings. The second-order valence-corrected chi connectivity index (χ2v) is 0.898. The molecule has 0 bridgehead atoms. The number of nitrogens with two attached hydrogens (primary N) is 1. The zero-order valence-electron chi connectivity index (χ0n) is 4.16. The molecule has 0 aromatic rings. The molecule has 26 valence electrons. The quantitative estimate of drug-likeness (QED) is 0.503. The maximum absolute atomic E-state index is 6.64. The third kappa shape index (κ3) is 2.44. The molecule has 0 saturated heterocycles. The van der Waals surface area contributed by atoms with Crippen molar-refractivity contribution in [2.24, 2.45) is 5.73 Å². The summed E-state index contributed by atoms with van der Waals surface area (Å²) in [5.41, 5.74) is 4.88. The first-order valence-corrected chi connectivity index (χ1v) is 1.74. The van der Waals surface area contributed by atoms with Gasteiger partial charge in [-0.25, -0.2) is 0 Å². The number of rotatable bonds is 1. The molecule has 0 spiro atoms. The van der Waals surface area contributed by atoms with E-state index in [0.29, 0.717) is 0 Å². The molecule has 0 heterocycles. The van der Waals surface area contributed by atoms with Gasteiger partial charge in [0.1, 0.15) is 0 Å². The molecule has 4 heavy (non-hydrogen) atoms. The Balaban J connectivity index is 3.17. The fourth-order valence-electron chi connectivity index (χ4n) is 0. The van der Waals surface area contributed by atoms with E-state index in [0.717, 1.165) is 0 Å². The molecular weight excluding hydrogens is 118 g/mol. The van der Waals surface area contributed by atoms with Gasteiger partial charge < -0.3 is 5.73 Å². The summed E-state index contributed by atoms with van der Waals surface area (Å²) in [6, 6.07) is 0. The summed E-state index contributed by atoms with van der Waals surface area (Å²) in [6.07, 6.45) is 0. The van der Waals surface area contributed by atoms with E-state index in [4.69, 9.17) is 8.48 Å². The minimum absolute atomic E-state index is 0.0208. The molecule has 2 N–H and O–H groups in total. The van der Waals surface area contributed by atoms with Crippen molar-refractivity contribution >= 4 is 15.9 Å². The SMILES string of the molecule is [2H]C([2H])(Br)CN. The Morgan fingerprint density at radius 3 is 2.50 bits per heavy atom. The highest BCUT2D eigenvalue weighted by molar-refractivity contribution is 9.09. The molecule has 0 aliphatic carbocycles. The van der Waals surface area contributed by atoms with Gasteiger partial charge in [-0.3, -0.25) is 0 Å². The Bertz CT molecular complexity index is 41.3. The second kappa shape index (κ2) is 3.44. The van der Waals surface area contributed by atoms with Crippen LogP contribution in [0.5, 0.6) is 0 Å². The molecule has 0 saturated carbocycles. The van der Waals surface area contributed by atoms with Crippen LogP contribution in [0.25, 0.3) is 0 Å². The highest BCUT2D eigenvalue weighted by Crippen LogP contribution is 1.67. The predicted octanol–water partition coefficient (Wildman–Crippen LogP) is 0.340. The summed E-state index contributed by atoms with van der Waals surface area (Å²) in [4.78, 5) is 0. The van der Waals surface area contributed by atoms with Crippen LogP contribution in [0.15, 0.2) is 0 Å². The monoisotopic (exact) mass is 125 g/mol. The first kappa shape index (κ1) is 1.78. The van der Waals surface area contributed by atoms with Crippen molar-refractivity contribution < 1.29 is 2.74 Å². The van der Waals surface area contributed by atoms with Gasteiger partial charge in [-0.05, 0) is 0 Å². The average Bonchev–Trinajstić information content (AvgIpc) is 1.35. The van der Waals surface area contributed by atoms with Gasteiger partial charge in [0.15, 0.2) is 0 Å². The van der Waals surface area contributed by atoms with Crippen molar-refractivity contribution in [3.8, 4) is 0 Å². The normalized spacial score (nSPS) is 18.5. The average molecular weight is 126 g/mol. The standard InChI is InChI=1S/C2H6BrN/c3-1-2-4/h1-2,4H2/i1D2. The lowest BCUT2D eigenvalue weighted by molar-refractivity contribution is 1.16. The summed E-state index contributed by atoms with van der Waals surface area (Å²) in [5.74, 6) is 0. The minimum Gasteiger partial charge on any atom is -0.330 e. The number of halogens is 1. The lowest BCUT2D eigenvalue weighted by Crippen LogP contribution is -1.97. The number of hydrogen-bond acceptors (Lipinski definition) is 1. The van der Waals surface area contributed by atoms with Gasteiger partial charge >= 0.3 is 0 Å². The predicted molar refractivity (Wildman–Crippen MR) is 22.8 cm³/mol. The third-order valence-electron chi connectivity index (χ3n) is 0.0772. The van der Waals surface area contributed by atoms with E-state index in [9.17, 15) is 0 Å². The van der Waals surface area contributed by atoms with Crippen molar-refractivity contribution in [2.45, 2.75) is 0 Å². The van der Waals surface area contributed by atoms with Crippen LogP contribution in [-0.2, 0) is 0 Å². The largest absolute Gasteiger partial charge is 0.330 e. The van der Waals surface area contributed by atoms with E-state index in [-0.39, 0.29) is 6.54 Å². The maximum Gasteiger partial charge on any atom is 0.0400 e. The molecule has 0 rings (SSSR count). The zero-order valence-corrected chi connectivity index (χ0v) is 3.75. The Kier molecular flexibility index (Phi) is 1.53. The van der Waals surface area contributed by atoms with Crippen LogP contribution >= 0.6 is 15.9 Å². The Morgan fingerprint density at radius 1 is 2.25 bits per heavy atom. The van der Waals surface area contributed by atoms with E-state index in [1.807, 2.05) is 0 Å². The first-order chi connectivity index (χ1) is 2.56. The fourth-order valence-corrected chi connectivity index (χ4v) is 0. The smallest absolute Gasteiger partial charge is 0.0400 e. The van der Waals surface area contributed by atoms with Gasteiger partial charge in [0, 0.05) is 14.6 Å². The minimum atomic E-state index is -1.37. The molecule has 0 radical (unpaired) electrons. The van der Waals surface area contributed by atoms with Crippen LogP contribution < -0.4 is 5.73 Å². The molecule has 0 atom stereocenters. The molecule has 1 nitrogen and oxygen atoms in total. The summed E-state index contributed by atoms with van der Waals surface area (Å²) in [7, 11) is 0. The van der Waals surface area contributed by atoms with Crippen molar-refractivity contribution in [1.82, 2.24) is 0 Å². The van der Waals surface area contributed by atoms with Crippen LogP contribution in [0.3, 0.4) is 0 Å². The molecule has 0 unspecified atom stereocenters. The van der Waals surface area contributed by atoms with E-state index >= 15 is 0 Å². The lowest BCUT2D eigenvalue weighted by atomic mass is 10.8. The van der Waals surface area contributed by atoms with Crippen LogP contribution in [0.2, 0.25) is 0 Å². The maximum atomic E-state index is 6.64. The highest BCUT2D eigenvalue weighted by Gasteiger charge is 1.57. The van der Waals surface area contributed by atoms with Crippen molar-refractivity contribution in [3.05, 3.63) is 0 Å². The second-order valence-electron chi connectivity index (χ2n) is 0.338. The Labute approximate surface area is 37.1 Å². The molecule has 0 aromatic heterocycles. The highest BCUT2D eigenvalue weighted by atomic mass is 79.9. The van der Waals surface area contributed by atoms with Crippen LogP contribution in [0.1, 0.15) is 2.74 Å². The topological polar surface area (TPSA) is 26.0 Å². The molecule has 2 heteroatoms. The first-order valence-electron chi connectivity index (χ1n) is 1.95. The lowest BCUT2D eigenvalue weighted by Gasteiger charge is -1.68. The van der Waals surface area contributed by atoms with Crippen molar-refractivity contribution in [2.75, 3.05) is 11.8 Å². The van der Waals surface area contributed by atoms with Crippen LogP contribution in [0, 0.1) is 0 Å². The van der Waals surface area contributed by atoms with Crippen molar-refractivity contribution in [1.29, 1.82) is 0 Å². The molecule has 0 aliphatic heterocycles. The molecule has 0 aromatic carbocycles. The summed E-state index contributed by atoms with van der Waals surface area (Å²) < 4.78 is 13.3. The van der Waals surface area contributed by atoms with E-state index < -0.39 is 5.28 Å². The molecule has 0 fully saturated rings.